The highest BCUT2D eigenvalue weighted by Gasteiger charge is 2.26. The molecule has 0 saturated carbocycles. The van der Waals surface area contributed by atoms with E-state index in [0.717, 1.165) is 41.8 Å². The molecule has 0 radical (unpaired) electrons. The number of para-hydroxylation sites is 1. The molecule has 0 spiro atoms. The molecule has 1 N–H and O–H groups in total. The molecule has 0 unspecified atom stereocenters. The third kappa shape index (κ3) is 4.15. The molecular weight excluding hydrogens is 402 g/mol. The number of benzene rings is 2. The number of anilines is 2. The number of amides is 1. The van der Waals surface area contributed by atoms with Crippen LogP contribution in [0.5, 0.6) is 0 Å². The van der Waals surface area contributed by atoms with Crippen LogP contribution >= 0.6 is 27.5 Å². The largest absolute Gasteiger partial charge is 0.370 e. The van der Waals surface area contributed by atoms with Crippen molar-refractivity contribution in [2.75, 3.05) is 23.3 Å². The van der Waals surface area contributed by atoms with E-state index in [1.807, 2.05) is 30.3 Å². The van der Waals surface area contributed by atoms with Crippen molar-refractivity contribution in [1.29, 1.82) is 5.26 Å². The van der Waals surface area contributed by atoms with Crippen molar-refractivity contribution in [1.82, 2.24) is 0 Å². The van der Waals surface area contributed by atoms with Crippen molar-refractivity contribution < 1.29 is 4.79 Å². The summed E-state index contributed by atoms with van der Waals surface area (Å²) in [5.74, 6) is 0.0179. The summed E-state index contributed by atoms with van der Waals surface area (Å²) in [5.41, 5.74) is 2.25. The molecule has 6 heteroatoms. The van der Waals surface area contributed by atoms with Gasteiger partial charge in [-0.2, -0.15) is 5.26 Å². The van der Waals surface area contributed by atoms with Crippen molar-refractivity contribution in [3.63, 3.8) is 0 Å². The molecule has 128 valence electrons. The molecule has 4 nitrogen and oxygen atoms in total. The van der Waals surface area contributed by atoms with Crippen LogP contribution in [-0.4, -0.2) is 19.0 Å². The van der Waals surface area contributed by atoms with Crippen molar-refractivity contribution in [2.45, 2.75) is 12.8 Å². The molecule has 1 saturated heterocycles. The second-order valence-corrected chi connectivity index (χ2v) is 7.29. The first kappa shape index (κ1) is 17.8. The van der Waals surface area contributed by atoms with Crippen molar-refractivity contribution in [3.8, 4) is 6.07 Å². The quantitative estimate of drug-likeness (QED) is 0.777. The molecule has 1 fully saturated rings. The maximum Gasteiger partial charge on any atom is 0.227 e. The highest BCUT2D eigenvalue weighted by molar-refractivity contribution is 9.10. The summed E-state index contributed by atoms with van der Waals surface area (Å²) >= 11 is 9.41. The third-order valence-electron chi connectivity index (χ3n) is 4.42. The van der Waals surface area contributed by atoms with Crippen LogP contribution in [0, 0.1) is 17.2 Å². The van der Waals surface area contributed by atoms with E-state index >= 15 is 0 Å². The lowest BCUT2D eigenvalue weighted by atomic mass is 9.95. The fourth-order valence-corrected chi connectivity index (χ4v) is 3.61. The van der Waals surface area contributed by atoms with Gasteiger partial charge in [-0.15, -0.1) is 0 Å². The Labute approximate surface area is 160 Å². The second kappa shape index (κ2) is 7.90. The minimum absolute atomic E-state index is 0.0267. The number of carbonyl (C=O) groups excluding carboxylic acids is 1. The zero-order chi connectivity index (χ0) is 17.8. The number of nitrogens with one attached hydrogen (secondary N) is 1. The molecule has 0 aliphatic carbocycles. The van der Waals surface area contributed by atoms with Gasteiger partial charge < -0.3 is 10.2 Å². The average Bonchev–Trinajstić information content (AvgIpc) is 2.63. The van der Waals surface area contributed by atoms with E-state index in [2.05, 4.69) is 32.2 Å². The summed E-state index contributed by atoms with van der Waals surface area (Å²) in [6.07, 6.45) is 1.51. The van der Waals surface area contributed by atoms with E-state index in [9.17, 15) is 10.1 Å². The molecule has 0 bridgehead atoms. The van der Waals surface area contributed by atoms with Gasteiger partial charge >= 0.3 is 0 Å². The van der Waals surface area contributed by atoms with Gasteiger partial charge in [-0.05, 0) is 59.1 Å². The van der Waals surface area contributed by atoms with Crippen LogP contribution in [0.15, 0.2) is 46.9 Å². The number of nitriles is 1. The Bertz CT molecular complexity index is 826. The van der Waals surface area contributed by atoms with E-state index in [-0.39, 0.29) is 11.8 Å². The topological polar surface area (TPSA) is 56.1 Å². The fourth-order valence-electron chi connectivity index (χ4n) is 3.05. The van der Waals surface area contributed by atoms with Gasteiger partial charge in [0.15, 0.2) is 0 Å². The zero-order valence-corrected chi connectivity index (χ0v) is 15.8. The van der Waals surface area contributed by atoms with Crippen LogP contribution in [0.25, 0.3) is 0 Å². The summed E-state index contributed by atoms with van der Waals surface area (Å²) in [5, 5.41) is 12.8. The molecule has 3 rings (SSSR count). The Kier molecular flexibility index (Phi) is 5.62. The van der Waals surface area contributed by atoms with Crippen LogP contribution in [0.2, 0.25) is 5.02 Å². The molecule has 0 atom stereocenters. The number of hydrogen-bond donors (Lipinski definition) is 1. The average molecular weight is 419 g/mol. The molecular formula is C19H17BrClN3O. The Hall–Kier alpha value is -2.03. The Morgan fingerprint density at radius 3 is 2.64 bits per heavy atom. The minimum Gasteiger partial charge on any atom is -0.370 e. The fraction of sp³-hybridized carbons (Fsp3) is 0.263. The first-order valence-corrected chi connectivity index (χ1v) is 9.25. The van der Waals surface area contributed by atoms with Crippen LogP contribution in [0.4, 0.5) is 11.4 Å². The number of carbonyl (C=O) groups is 1. The second-order valence-electron chi connectivity index (χ2n) is 6.00. The van der Waals surface area contributed by atoms with Crippen molar-refractivity contribution >= 4 is 44.8 Å². The summed E-state index contributed by atoms with van der Waals surface area (Å²) in [7, 11) is 0. The van der Waals surface area contributed by atoms with Gasteiger partial charge in [0.1, 0.15) is 6.07 Å². The summed E-state index contributed by atoms with van der Waals surface area (Å²) in [4.78, 5) is 14.7. The molecule has 1 aliphatic rings. The molecule has 25 heavy (non-hydrogen) atoms. The van der Waals surface area contributed by atoms with Crippen LogP contribution in [0.3, 0.4) is 0 Å². The molecule has 1 amide bonds. The lowest BCUT2D eigenvalue weighted by Gasteiger charge is -2.33. The number of rotatable bonds is 3. The van der Waals surface area contributed by atoms with Gasteiger partial charge in [0.25, 0.3) is 0 Å². The normalized spacial score (nSPS) is 14.8. The third-order valence-corrected chi connectivity index (χ3v) is 5.34. The van der Waals surface area contributed by atoms with Gasteiger partial charge in [-0.3, -0.25) is 4.79 Å². The van der Waals surface area contributed by atoms with Crippen LogP contribution < -0.4 is 10.2 Å². The lowest BCUT2D eigenvalue weighted by Crippen LogP contribution is -2.38. The van der Waals surface area contributed by atoms with Gasteiger partial charge in [-0.25, -0.2) is 0 Å². The maximum atomic E-state index is 12.5. The highest BCUT2D eigenvalue weighted by Crippen LogP contribution is 2.29. The predicted octanol–water partition coefficient (Wildman–Crippen LogP) is 4.83. The molecule has 1 aliphatic heterocycles. The lowest BCUT2D eigenvalue weighted by molar-refractivity contribution is -0.120. The molecule has 2 aromatic carbocycles. The summed E-state index contributed by atoms with van der Waals surface area (Å²) in [6, 6.07) is 15.1. The Morgan fingerprint density at radius 2 is 1.96 bits per heavy atom. The Balaban J connectivity index is 1.63. The van der Waals surface area contributed by atoms with Crippen LogP contribution in [-0.2, 0) is 4.79 Å². The highest BCUT2D eigenvalue weighted by atomic mass is 79.9. The maximum absolute atomic E-state index is 12.5. The molecule has 2 aromatic rings. The van der Waals surface area contributed by atoms with Gasteiger partial charge in [0.05, 0.1) is 16.9 Å². The number of piperidine rings is 1. The van der Waals surface area contributed by atoms with Gasteiger partial charge in [0.2, 0.25) is 5.91 Å². The first-order valence-electron chi connectivity index (χ1n) is 8.08. The number of hydrogen-bond acceptors (Lipinski definition) is 3. The SMILES string of the molecule is N#Cc1cc(Cl)ccc1N1CCC(C(=O)Nc2ccccc2Br)CC1. The zero-order valence-electron chi connectivity index (χ0n) is 13.5. The first-order chi connectivity index (χ1) is 12.1. The molecule has 0 aromatic heterocycles. The summed E-state index contributed by atoms with van der Waals surface area (Å²) in [6.45, 7) is 1.48. The van der Waals surface area contributed by atoms with Gasteiger partial charge in [-0.1, -0.05) is 23.7 Å². The minimum atomic E-state index is -0.0267. The van der Waals surface area contributed by atoms with Crippen LogP contribution in [0.1, 0.15) is 18.4 Å². The standard InChI is InChI=1S/C19H17BrClN3O/c20-16-3-1-2-4-17(16)23-19(25)13-7-9-24(10-8-13)18-6-5-15(21)11-14(18)12-22/h1-6,11,13H,7-10H2,(H,23,25). The van der Waals surface area contributed by atoms with E-state index in [4.69, 9.17) is 11.6 Å². The van der Waals surface area contributed by atoms with Crippen molar-refractivity contribution in [3.05, 3.63) is 57.5 Å². The predicted molar refractivity (Wildman–Crippen MR) is 104 cm³/mol. The monoisotopic (exact) mass is 417 g/mol. The number of nitrogens with zero attached hydrogens (tertiary/aromatic N) is 2. The van der Waals surface area contributed by atoms with E-state index in [1.165, 1.54) is 0 Å². The van der Waals surface area contributed by atoms with E-state index in [1.54, 1.807) is 12.1 Å². The molecule has 1 heterocycles. The number of halogens is 2. The summed E-state index contributed by atoms with van der Waals surface area (Å²) < 4.78 is 0.876. The smallest absolute Gasteiger partial charge is 0.227 e. The van der Waals surface area contributed by atoms with Gasteiger partial charge in [0, 0.05) is 28.5 Å². The van der Waals surface area contributed by atoms with E-state index in [0.29, 0.717) is 10.6 Å². The Morgan fingerprint density at radius 1 is 1.24 bits per heavy atom. The van der Waals surface area contributed by atoms with Crippen molar-refractivity contribution in [2.24, 2.45) is 5.92 Å². The van der Waals surface area contributed by atoms with E-state index < -0.39 is 0 Å².